The van der Waals surface area contributed by atoms with Gasteiger partial charge in [0, 0.05) is 25.3 Å². The van der Waals surface area contributed by atoms with Gasteiger partial charge in [-0.25, -0.2) is 4.99 Å². The molecule has 0 saturated carbocycles. The zero-order valence-corrected chi connectivity index (χ0v) is 19.6. The Balaban J connectivity index is 0.00000784. The molecule has 3 N–H and O–H groups in total. The summed E-state index contributed by atoms with van der Waals surface area (Å²) >= 11 is 0. The van der Waals surface area contributed by atoms with Gasteiger partial charge in [-0.1, -0.05) is 32.0 Å². The van der Waals surface area contributed by atoms with Crippen molar-refractivity contribution in [2.75, 3.05) is 26.3 Å². The smallest absolute Gasteiger partial charge is 0.422 e. The van der Waals surface area contributed by atoms with Crippen molar-refractivity contribution in [3.05, 3.63) is 29.8 Å². The van der Waals surface area contributed by atoms with Crippen LogP contribution >= 0.6 is 24.0 Å². The molecular weight excluding hydrogens is 498 g/mol. The number of nitrogens with zero attached hydrogens (tertiary/aromatic N) is 1. The van der Waals surface area contributed by atoms with Crippen LogP contribution in [0.15, 0.2) is 29.3 Å². The van der Waals surface area contributed by atoms with E-state index < -0.39 is 12.8 Å². The lowest BCUT2D eigenvalue weighted by molar-refractivity contribution is -0.153. The van der Waals surface area contributed by atoms with Crippen LogP contribution in [0.1, 0.15) is 45.6 Å². The Bertz CT molecular complexity index is 609. The van der Waals surface area contributed by atoms with Crippen molar-refractivity contribution < 1.29 is 23.0 Å². The summed E-state index contributed by atoms with van der Waals surface area (Å²) in [6.07, 6.45) is -1.85. The molecule has 0 heterocycles. The second-order valence-electron chi connectivity index (χ2n) is 6.74. The minimum atomic E-state index is -4.39. The fourth-order valence-corrected chi connectivity index (χ4v) is 2.89. The zero-order valence-electron chi connectivity index (χ0n) is 17.3. The Morgan fingerprint density at radius 3 is 2.31 bits per heavy atom. The number of aliphatic hydroxyl groups excluding tert-OH is 1. The lowest BCUT2D eigenvalue weighted by Crippen LogP contribution is -2.43. The van der Waals surface area contributed by atoms with Crippen molar-refractivity contribution in [3.8, 4) is 5.75 Å². The molecule has 0 atom stereocenters. The normalized spacial score (nSPS) is 12.3. The van der Waals surface area contributed by atoms with E-state index in [1.807, 2.05) is 6.92 Å². The Kier molecular flexibility index (Phi) is 13.3. The molecule has 1 rings (SSSR count). The number of hydrogen-bond acceptors (Lipinski definition) is 3. The van der Waals surface area contributed by atoms with E-state index in [0.717, 1.165) is 12.8 Å². The predicted octanol–water partition coefficient (Wildman–Crippen LogP) is 4.49. The topological polar surface area (TPSA) is 65.9 Å². The molecule has 0 aliphatic rings. The average molecular weight is 531 g/mol. The van der Waals surface area contributed by atoms with Crippen LogP contribution in [0.5, 0.6) is 5.75 Å². The minimum absolute atomic E-state index is 0. The van der Waals surface area contributed by atoms with Gasteiger partial charge in [0.1, 0.15) is 5.75 Å². The van der Waals surface area contributed by atoms with Crippen LogP contribution in [0.4, 0.5) is 13.2 Å². The number of hydrogen-bond donors (Lipinski definition) is 3. The van der Waals surface area contributed by atoms with E-state index in [1.165, 1.54) is 6.07 Å². The number of alkyl halides is 3. The van der Waals surface area contributed by atoms with E-state index >= 15 is 0 Å². The monoisotopic (exact) mass is 531 g/mol. The number of nitrogens with one attached hydrogen (secondary N) is 2. The quantitative estimate of drug-likeness (QED) is 0.224. The molecule has 1 aromatic rings. The maximum Gasteiger partial charge on any atom is 0.422 e. The molecule has 0 unspecified atom stereocenters. The molecular formula is C20H33F3IN3O2. The Morgan fingerprint density at radius 1 is 1.10 bits per heavy atom. The van der Waals surface area contributed by atoms with Gasteiger partial charge in [0.15, 0.2) is 12.6 Å². The molecule has 0 radical (unpaired) electrons. The van der Waals surface area contributed by atoms with E-state index in [4.69, 9.17) is 4.74 Å². The Morgan fingerprint density at radius 2 is 1.76 bits per heavy atom. The van der Waals surface area contributed by atoms with Crippen molar-refractivity contribution in [2.45, 2.75) is 52.8 Å². The Hall–Kier alpha value is -1.23. The van der Waals surface area contributed by atoms with Gasteiger partial charge in [0.2, 0.25) is 0 Å². The van der Waals surface area contributed by atoms with Gasteiger partial charge in [0.05, 0.1) is 6.54 Å². The summed E-state index contributed by atoms with van der Waals surface area (Å²) in [5.74, 6) is 0.758. The highest BCUT2D eigenvalue weighted by Gasteiger charge is 2.29. The van der Waals surface area contributed by atoms with Crippen LogP contribution < -0.4 is 15.4 Å². The van der Waals surface area contributed by atoms with Gasteiger partial charge in [-0.15, -0.1) is 24.0 Å². The van der Waals surface area contributed by atoms with Crippen molar-refractivity contribution >= 4 is 29.9 Å². The predicted molar refractivity (Wildman–Crippen MR) is 121 cm³/mol. The summed E-state index contributed by atoms with van der Waals surface area (Å²) < 4.78 is 42.2. The molecule has 5 nitrogen and oxygen atoms in total. The summed E-state index contributed by atoms with van der Waals surface area (Å²) in [5.41, 5.74) is 0.551. The largest absolute Gasteiger partial charge is 0.484 e. The third-order valence-electron chi connectivity index (χ3n) is 4.89. The van der Waals surface area contributed by atoms with Crippen molar-refractivity contribution in [3.63, 3.8) is 0 Å². The maximum atomic E-state index is 12.4. The highest BCUT2D eigenvalue weighted by Crippen LogP contribution is 2.29. The van der Waals surface area contributed by atoms with Gasteiger partial charge < -0.3 is 20.5 Å². The SMILES string of the molecule is CCNC(=NCc1ccccc1OCC(F)(F)F)NCC(CC)(CC)CCO.I. The van der Waals surface area contributed by atoms with E-state index in [9.17, 15) is 18.3 Å². The average Bonchev–Trinajstić information content (AvgIpc) is 2.67. The van der Waals surface area contributed by atoms with Crippen LogP contribution in [-0.4, -0.2) is 43.5 Å². The van der Waals surface area contributed by atoms with Crippen LogP contribution in [-0.2, 0) is 6.54 Å². The van der Waals surface area contributed by atoms with E-state index in [2.05, 4.69) is 29.5 Å². The molecule has 0 saturated heterocycles. The molecule has 29 heavy (non-hydrogen) atoms. The van der Waals surface area contributed by atoms with Gasteiger partial charge in [-0.05, 0) is 37.7 Å². The maximum absolute atomic E-state index is 12.4. The van der Waals surface area contributed by atoms with Gasteiger partial charge in [-0.3, -0.25) is 0 Å². The summed E-state index contributed by atoms with van der Waals surface area (Å²) in [6.45, 7) is 6.43. The van der Waals surface area contributed by atoms with Crippen LogP contribution in [0.3, 0.4) is 0 Å². The molecule has 0 amide bonds. The van der Waals surface area contributed by atoms with Gasteiger partial charge >= 0.3 is 6.18 Å². The van der Waals surface area contributed by atoms with Gasteiger partial charge in [-0.2, -0.15) is 13.2 Å². The number of ether oxygens (including phenoxy) is 1. The molecule has 0 aromatic heterocycles. The summed E-state index contributed by atoms with van der Waals surface area (Å²) in [5, 5.41) is 15.8. The number of guanidine groups is 1. The van der Waals surface area contributed by atoms with Gasteiger partial charge in [0.25, 0.3) is 0 Å². The first kappa shape index (κ1) is 27.8. The molecule has 0 spiro atoms. The van der Waals surface area contributed by atoms with Crippen molar-refractivity contribution in [1.29, 1.82) is 0 Å². The zero-order chi connectivity index (χ0) is 21.0. The fraction of sp³-hybridized carbons (Fsp3) is 0.650. The number of halogens is 4. The van der Waals surface area contributed by atoms with Crippen molar-refractivity contribution in [2.24, 2.45) is 10.4 Å². The van der Waals surface area contributed by atoms with E-state index in [-0.39, 0.29) is 48.3 Å². The first-order valence-corrected chi connectivity index (χ1v) is 9.69. The second kappa shape index (κ2) is 13.9. The molecule has 1 aromatic carbocycles. The minimum Gasteiger partial charge on any atom is -0.484 e. The summed E-state index contributed by atoms with van der Waals surface area (Å²) in [6, 6.07) is 6.59. The highest BCUT2D eigenvalue weighted by atomic mass is 127. The molecule has 0 fully saturated rings. The van der Waals surface area contributed by atoms with E-state index in [0.29, 0.717) is 31.0 Å². The molecule has 9 heteroatoms. The summed E-state index contributed by atoms with van der Waals surface area (Å²) in [7, 11) is 0. The Labute approximate surface area is 188 Å². The van der Waals surface area contributed by atoms with E-state index in [1.54, 1.807) is 18.2 Å². The highest BCUT2D eigenvalue weighted by molar-refractivity contribution is 14.0. The first-order chi connectivity index (χ1) is 13.3. The van der Waals surface area contributed by atoms with Crippen LogP contribution in [0.25, 0.3) is 0 Å². The number of para-hydroxylation sites is 1. The molecule has 0 bridgehead atoms. The van der Waals surface area contributed by atoms with Crippen molar-refractivity contribution in [1.82, 2.24) is 10.6 Å². The third kappa shape index (κ3) is 10.4. The first-order valence-electron chi connectivity index (χ1n) is 9.69. The molecule has 168 valence electrons. The lowest BCUT2D eigenvalue weighted by Gasteiger charge is -2.32. The molecule has 0 aliphatic heterocycles. The number of aliphatic imine (C=N–C) groups is 1. The molecule has 0 aliphatic carbocycles. The second-order valence-corrected chi connectivity index (χ2v) is 6.74. The summed E-state index contributed by atoms with van der Waals surface area (Å²) in [4.78, 5) is 4.49. The fourth-order valence-electron chi connectivity index (χ4n) is 2.89. The number of rotatable bonds is 11. The van der Waals surface area contributed by atoms with Crippen LogP contribution in [0.2, 0.25) is 0 Å². The standard InChI is InChI=1S/C20H32F3N3O2.HI/c1-4-19(5-2,11-12-27)14-26-18(24-6-3)25-13-16-9-7-8-10-17(16)28-15-20(21,22)23;/h7-10,27H,4-6,11-15H2,1-3H3,(H2,24,25,26);1H. The third-order valence-corrected chi connectivity index (χ3v) is 4.89. The number of benzene rings is 1. The number of aliphatic hydroxyl groups is 1. The van der Waals surface area contributed by atoms with Crippen LogP contribution in [0, 0.1) is 5.41 Å². The lowest BCUT2D eigenvalue weighted by atomic mass is 9.79.